The van der Waals surface area contributed by atoms with E-state index < -0.39 is 0 Å². The molecule has 0 radical (unpaired) electrons. The number of para-hydroxylation sites is 1. The van der Waals surface area contributed by atoms with Gasteiger partial charge >= 0.3 is 33.3 Å². The van der Waals surface area contributed by atoms with Crippen molar-refractivity contribution in [2.75, 3.05) is 0 Å². The predicted molar refractivity (Wildman–Crippen MR) is 135 cm³/mol. The summed E-state index contributed by atoms with van der Waals surface area (Å²) in [6.45, 7) is 10.9. The van der Waals surface area contributed by atoms with Crippen LogP contribution in [0, 0.1) is 0 Å². The van der Waals surface area contributed by atoms with Gasteiger partial charge < -0.3 is 0 Å². The Bertz CT molecular complexity index is 1230. The van der Waals surface area contributed by atoms with E-state index in [1.165, 1.54) is 11.1 Å². The summed E-state index contributed by atoms with van der Waals surface area (Å²) >= 11 is 0.194. The van der Waals surface area contributed by atoms with Gasteiger partial charge in [-0.3, -0.25) is 9.98 Å². The number of benzene rings is 2. The molecule has 0 amide bonds. The third kappa shape index (κ3) is 5.50. The molecule has 6 heteroatoms. The second-order valence-electron chi connectivity index (χ2n) is 8.25. The van der Waals surface area contributed by atoms with Crippen molar-refractivity contribution in [2.45, 2.75) is 46.5 Å². The second kappa shape index (κ2) is 11.2. The van der Waals surface area contributed by atoms with E-state index in [0.717, 1.165) is 38.9 Å². The number of pyridine rings is 2. The Morgan fingerprint density at radius 3 is 1.97 bits per heavy atom. The molecular formula is C26H27Cl2FeN3. The fraction of sp³-hybridized carbons (Fsp3) is 0.269. The van der Waals surface area contributed by atoms with Gasteiger partial charge in [0.25, 0.3) is 0 Å². The van der Waals surface area contributed by atoms with Gasteiger partial charge in [-0.25, -0.2) is 4.98 Å². The molecule has 4 aromatic rings. The number of aromatic nitrogens is 2. The third-order valence-corrected chi connectivity index (χ3v) is 5.42. The van der Waals surface area contributed by atoms with E-state index >= 15 is 0 Å². The number of aliphatic imine (C=N–C) groups is 1. The van der Waals surface area contributed by atoms with Crippen molar-refractivity contribution >= 4 is 53.4 Å². The summed E-state index contributed by atoms with van der Waals surface area (Å²) in [7, 11) is 9.53. The Hall–Kier alpha value is -1.97. The van der Waals surface area contributed by atoms with E-state index in [9.17, 15) is 0 Å². The van der Waals surface area contributed by atoms with Crippen molar-refractivity contribution in [1.82, 2.24) is 9.97 Å². The van der Waals surface area contributed by atoms with Crippen LogP contribution < -0.4 is 0 Å². The zero-order valence-electron chi connectivity index (χ0n) is 18.9. The third-order valence-electron chi connectivity index (χ3n) is 5.42. The molecule has 0 bridgehead atoms. The molecule has 0 atom stereocenters. The van der Waals surface area contributed by atoms with Crippen molar-refractivity contribution < 1.29 is 13.1 Å². The number of halogens is 2. The molecule has 0 spiro atoms. The van der Waals surface area contributed by atoms with E-state index in [1.54, 1.807) is 0 Å². The number of nitrogens with zero attached hydrogens (tertiary/aromatic N) is 3. The first-order valence-electron chi connectivity index (χ1n) is 10.6. The van der Waals surface area contributed by atoms with Crippen molar-refractivity contribution in [3.63, 3.8) is 0 Å². The van der Waals surface area contributed by atoms with Gasteiger partial charge in [-0.15, -0.1) is 0 Å². The maximum atomic E-state index is 5.09. The average molecular weight is 508 g/mol. The van der Waals surface area contributed by atoms with Gasteiger partial charge in [0.05, 0.1) is 28.1 Å². The van der Waals surface area contributed by atoms with Gasteiger partial charge in [0.1, 0.15) is 0 Å². The molecule has 4 rings (SSSR count). The first kappa shape index (κ1) is 24.7. The van der Waals surface area contributed by atoms with Crippen LogP contribution in [0.1, 0.15) is 63.3 Å². The molecule has 0 N–H and O–H groups in total. The van der Waals surface area contributed by atoms with Gasteiger partial charge in [-0.2, -0.15) is 0 Å². The molecule has 0 saturated carbocycles. The van der Waals surface area contributed by atoms with E-state index in [1.807, 2.05) is 19.2 Å². The van der Waals surface area contributed by atoms with Crippen LogP contribution in [0.4, 0.5) is 5.69 Å². The Morgan fingerprint density at radius 2 is 1.38 bits per heavy atom. The molecule has 2 aromatic heterocycles. The second-order valence-corrected chi connectivity index (χ2v) is 10.1. The summed E-state index contributed by atoms with van der Waals surface area (Å²) in [5, 5.41) is 2.20. The van der Waals surface area contributed by atoms with Gasteiger partial charge in [-0.1, -0.05) is 70.2 Å². The van der Waals surface area contributed by atoms with Gasteiger partial charge in [0.15, 0.2) is 0 Å². The van der Waals surface area contributed by atoms with Gasteiger partial charge in [0, 0.05) is 17.0 Å². The monoisotopic (exact) mass is 507 g/mol. The SMILES string of the molecule is CC(=Nc1c(C(C)C)cccc1C(C)C)c1ccc2ccc3cccnc3c2n1.[Cl][Fe][Cl]. The fourth-order valence-electron chi connectivity index (χ4n) is 3.79. The number of fused-ring (bicyclic) bond motifs is 3. The van der Waals surface area contributed by atoms with Crippen LogP contribution >= 0.6 is 20.2 Å². The van der Waals surface area contributed by atoms with E-state index in [2.05, 4.69) is 81.2 Å². The molecule has 0 unspecified atom stereocenters. The van der Waals surface area contributed by atoms with Gasteiger partial charge in [0.2, 0.25) is 0 Å². The molecule has 3 nitrogen and oxygen atoms in total. The maximum absolute atomic E-state index is 5.09. The standard InChI is InChI=1S/C26H27N3.2ClH.Fe/c1-16(2)21-9-6-10-22(17(3)4)26(21)28-18(5)23-14-13-20-12-11-19-8-7-15-27-24(19)25(20)29-23;;;/h6-17H,1-5H3;2*1H;/q;;;+2/p-2. The topological polar surface area (TPSA) is 38.1 Å². The van der Waals surface area contributed by atoms with Crippen molar-refractivity contribution in [1.29, 1.82) is 0 Å². The molecule has 0 saturated heterocycles. The molecule has 0 aliphatic rings. The minimum atomic E-state index is 0.194. The summed E-state index contributed by atoms with van der Waals surface area (Å²) < 4.78 is 0. The Balaban J connectivity index is 0.000000913. The summed E-state index contributed by atoms with van der Waals surface area (Å²) in [6.07, 6.45) is 1.82. The van der Waals surface area contributed by atoms with Crippen LogP contribution in [-0.2, 0) is 13.1 Å². The predicted octanol–water partition coefficient (Wildman–Crippen LogP) is 8.55. The summed E-state index contributed by atoms with van der Waals surface area (Å²) in [5.74, 6) is 0.830. The van der Waals surface area contributed by atoms with Crippen molar-refractivity contribution in [3.05, 3.63) is 77.6 Å². The van der Waals surface area contributed by atoms with E-state index in [4.69, 9.17) is 30.2 Å². The van der Waals surface area contributed by atoms with Crippen LogP contribution in [0.3, 0.4) is 0 Å². The van der Waals surface area contributed by atoms with Gasteiger partial charge in [-0.05, 0) is 42.0 Å². The zero-order valence-corrected chi connectivity index (χ0v) is 21.5. The van der Waals surface area contributed by atoms with Crippen molar-refractivity contribution in [2.24, 2.45) is 4.99 Å². The van der Waals surface area contributed by atoms with E-state index in [-0.39, 0.29) is 13.1 Å². The average Bonchev–Trinajstić information content (AvgIpc) is 2.79. The summed E-state index contributed by atoms with van der Waals surface area (Å²) in [5.41, 5.74) is 7.33. The molecule has 0 fully saturated rings. The van der Waals surface area contributed by atoms with Crippen LogP contribution in [0.5, 0.6) is 0 Å². The summed E-state index contributed by atoms with van der Waals surface area (Å²) in [4.78, 5) is 14.6. The number of rotatable bonds is 4. The minimum absolute atomic E-state index is 0.194. The molecule has 0 aliphatic heterocycles. The van der Waals surface area contributed by atoms with Crippen LogP contribution in [0.25, 0.3) is 21.8 Å². The number of hydrogen-bond donors (Lipinski definition) is 0. The number of hydrogen-bond acceptors (Lipinski definition) is 3. The molecule has 2 aromatic carbocycles. The Labute approximate surface area is 204 Å². The van der Waals surface area contributed by atoms with E-state index in [0.29, 0.717) is 11.8 Å². The molecule has 32 heavy (non-hydrogen) atoms. The van der Waals surface area contributed by atoms with Crippen molar-refractivity contribution in [3.8, 4) is 0 Å². The molecule has 0 aliphatic carbocycles. The van der Waals surface area contributed by atoms with Crippen LogP contribution in [0.2, 0.25) is 0 Å². The molecule has 2 heterocycles. The zero-order chi connectivity index (χ0) is 23.3. The van der Waals surface area contributed by atoms with Crippen LogP contribution in [-0.4, -0.2) is 15.7 Å². The Morgan fingerprint density at radius 1 is 0.812 bits per heavy atom. The quantitative estimate of drug-likeness (QED) is 0.157. The Kier molecular flexibility index (Phi) is 8.67. The first-order chi connectivity index (χ1) is 15.4. The van der Waals surface area contributed by atoms with Crippen LogP contribution in [0.15, 0.2) is 65.8 Å². The summed E-state index contributed by atoms with van der Waals surface area (Å²) in [6, 6.07) is 18.9. The fourth-order valence-corrected chi connectivity index (χ4v) is 3.79. The normalized spacial score (nSPS) is 12.0. The first-order valence-corrected chi connectivity index (χ1v) is 13.6. The molecular weight excluding hydrogens is 481 g/mol. The molecule has 168 valence electrons.